The number of hydrogen-bond donors (Lipinski definition) is 5. The van der Waals surface area contributed by atoms with Crippen LogP contribution >= 0.6 is 0 Å². The number of hydrogen-bond acceptors (Lipinski definition) is 6. The third kappa shape index (κ3) is 1.36. The molecule has 9 heavy (non-hydrogen) atoms. The van der Waals surface area contributed by atoms with Crippen molar-refractivity contribution in [2.24, 2.45) is 17.3 Å². The monoisotopic (exact) mass is 132 g/mol. The van der Waals surface area contributed by atoms with Crippen LogP contribution in [0.3, 0.4) is 0 Å². The van der Waals surface area contributed by atoms with Crippen LogP contribution in [0, 0.1) is 0 Å². The zero-order valence-electron chi connectivity index (χ0n) is 5.09. The Morgan fingerprint density at radius 2 is 2.11 bits per heavy atom. The Kier molecular flexibility index (Phi) is 1.66. The van der Waals surface area contributed by atoms with E-state index in [-0.39, 0.29) is 0 Å². The lowest BCUT2D eigenvalue weighted by molar-refractivity contribution is 0.0215. The van der Waals surface area contributed by atoms with Crippen LogP contribution in [0.1, 0.15) is 0 Å². The van der Waals surface area contributed by atoms with E-state index in [4.69, 9.17) is 17.3 Å². The predicted molar refractivity (Wildman–Crippen MR) is 33.1 cm³/mol. The van der Waals surface area contributed by atoms with E-state index in [1.807, 2.05) is 0 Å². The topological polar surface area (TPSA) is 105 Å². The number of hydrazine groups is 1. The van der Waals surface area contributed by atoms with Crippen molar-refractivity contribution < 1.29 is 0 Å². The maximum atomic E-state index is 5.45. The molecule has 0 bridgehead atoms. The van der Waals surface area contributed by atoms with Crippen molar-refractivity contribution in [1.82, 2.24) is 15.6 Å². The molecule has 1 saturated heterocycles. The van der Waals surface area contributed by atoms with Crippen LogP contribution in [0.25, 0.3) is 0 Å². The first kappa shape index (κ1) is 6.87. The molecular weight excluding hydrogens is 120 g/mol. The summed E-state index contributed by atoms with van der Waals surface area (Å²) in [5.41, 5.74) is 10.9. The number of rotatable bonds is 0. The molecule has 0 aliphatic carbocycles. The quantitative estimate of drug-likeness (QED) is 0.175. The van der Waals surface area contributed by atoms with Gasteiger partial charge in [0, 0.05) is 0 Å². The molecule has 0 aromatic rings. The van der Waals surface area contributed by atoms with Crippen molar-refractivity contribution in [2.75, 3.05) is 13.3 Å². The molecule has 0 spiro atoms. The lowest BCUT2D eigenvalue weighted by Gasteiger charge is -2.38. The average Bonchev–Trinajstić information content (AvgIpc) is 1.77. The van der Waals surface area contributed by atoms with E-state index in [0.29, 0.717) is 13.3 Å². The minimum Gasteiger partial charge on any atom is -0.290 e. The summed E-state index contributed by atoms with van der Waals surface area (Å²) in [7, 11) is 0. The Hall–Kier alpha value is -0.240. The summed E-state index contributed by atoms with van der Waals surface area (Å²) in [5.74, 6) is 4.31. The Balaban J connectivity index is 2.49. The van der Waals surface area contributed by atoms with Gasteiger partial charge in [0.05, 0.1) is 13.3 Å². The molecule has 0 aromatic carbocycles. The standard InChI is InChI=1S/C3H12N6/c4-3(5)8-1-7-2-9(3)6/h7-8H,1-2,4-6H2. The molecule has 1 heterocycles. The van der Waals surface area contributed by atoms with Crippen LogP contribution in [-0.2, 0) is 0 Å². The van der Waals surface area contributed by atoms with Gasteiger partial charge in [0.15, 0.2) is 5.91 Å². The van der Waals surface area contributed by atoms with Crippen LogP contribution < -0.4 is 27.9 Å². The third-order valence-corrected chi connectivity index (χ3v) is 1.25. The predicted octanol–water partition coefficient (Wildman–Crippen LogP) is -3.20. The Labute approximate surface area is 53.3 Å². The summed E-state index contributed by atoms with van der Waals surface area (Å²) in [4.78, 5) is 0. The van der Waals surface area contributed by atoms with Gasteiger partial charge in [-0.1, -0.05) is 0 Å². The molecule has 6 nitrogen and oxygen atoms in total. The fourth-order valence-corrected chi connectivity index (χ4v) is 0.613. The van der Waals surface area contributed by atoms with Crippen LogP contribution in [0.4, 0.5) is 0 Å². The zero-order chi connectivity index (χ0) is 6.91. The fraction of sp³-hybridized carbons (Fsp3) is 1.00. The van der Waals surface area contributed by atoms with Crippen molar-refractivity contribution in [1.29, 1.82) is 0 Å². The second kappa shape index (κ2) is 2.18. The molecule has 0 radical (unpaired) electrons. The van der Waals surface area contributed by atoms with Gasteiger partial charge in [-0.05, 0) is 0 Å². The molecule has 54 valence electrons. The summed E-state index contributed by atoms with van der Waals surface area (Å²) in [5, 5.41) is 6.96. The molecule has 0 amide bonds. The van der Waals surface area contributed by atoms with Gasteiger partial charge in [-0.25, -0.2) is 0 Å². The molecular formula is C3H12N6. The molecule has 1 aliphatic heterocycles. The second-order valence-electron chi connectivity index (χ2n) is 2.06. The molecule has 1 fully saturated rings. The SMILES string of the molecule is NN1CNCNC1(N)N. The van der Waals surface area contributed by atoms with Crippen molar-refractivity contribution in [3.63, 3.8) is 0 Å². The lowest BCUT2D eigenvalue weighted by atomic mass is 10.5. The van der Waals surface area contributed by atoms with E-state index >= 15 is 0 Å². The highest BCUT2D eigenvalue weighted by molar-refractivity contribution is 4.73. The number of nitrogens with two attached hydrogens (primary N) is 3. The summed E-state index contributed by atoms with van der Waals surface area (Å²) >= 11 is 0. The van der Waals surface area contributed by atoms with Crippen LogP contribution in [0.5, 0.6) is 0 Å². The van der Waals surface area contributed by atoms with Gasteiger partial charge in [0.2, 0.25) is 0 Å². The molecule has 0 aromatic heterocycles. The van der Waals surface area contributed by atoms with Gasteiger partial charge in [0.25, 0.3) is 0 Å². The fourth-order valence-electron chi connectivity index (χ4n) is 0.613. The first-order valence-electron chi connectivity index (χ1n) is 2.69. The van der Waals surface area contributed by atoms with E-state index in [0.717, 1.165) is 0 Å². The van der Waals surface area contributed by atoms with Crippen LogP contribution in [0.15, 0.2) is 0 Å². The zero-order valence-corrected chi connectivity index (χ0v) is 5.09. The van der Waals surface area contributed by atoms with Crippen molar-refractivity contribution in [3.05, 3.63) is 0 Å². The largest absolute Gasteiger partial charge is 0.290 e. The summed E-state index contributed by atoms with van der Waals surface area (Å²) < 4.78 is 0. The summed E-state index contributed by atoms with van der Waals surface area (Å²) in [6, 6.07) is 0. The maximum Gasteiger partial charge on any atom is 0.193 e. The van der Waals surface area contributed by atoms with Crippen LogP contribution in [0.2, 0.25) is 0 Å². The third-order valence-electron chi connectivity index (χ3n) is 1.25. The van der Waals surface area contributed by atoms with Crippen molar-refractivity contribution in [3.8, 4) is 0 Å². The molecule has 0 atom stereocenters. The molecule has 0 unspecified atom stereocenters. The molecule has 6 heteroatoms. The highest BCUT2D eigenvalue weighted by atomic mass is 15.6. The Morgan fingerprint density at radius 1 is 1.44 bits per heavy atom. The van der Waals surface area contributed by atoms with E-state index in [9.17, 15) is 0 Å². The van der Waals surface area contributed by atoms with Crippen LogP contribution in [-0.4, -0.2) is 24.3 Å². The molecule has 8 N–H and O–H groups in total. The molecule has 0 saturated carbocycles. The lowest BCUT2D eigenvalue weighted by Crippen LogP contribution is -2.79. The normalized spacial score (nSPS) is 28.3. The highest BCUT2D eigenvalue weighted by Gasteiger charge is 2.27. The highest BCUT2D eigenvalue weighted by Crippen LogP contribution is 1.90. The van der Waals surface area contributed by atoms with E-state index in [1.54, 1.807) is 0 Å². The van der Waals surface area contributed by atoms with Gasteiger partial charge < -0.3 is 0 Å². The Bertz CT molecular complexity index is 100. The van der Waals surface area contributed by atoms with E-state index in [1.165, 1.54) is 5.01 Å². The summed E-state index contributed by atoms with van der Waals surface area (Å²) in [6.07, 6.45) is 0. The van der Waals surface area contributed by atoms with Crippen molar-refractivity contribution >= 4 is 0 Å². The minimum atomic E-state index is -1.06. The van der Waals surface area contributed by atoms with Gasteiger partial charge in [-0.15, -0.1) is 0 Å². The van der Waals surface area contributed by atoms with Gasteiger partial charge in [-0.2, -0.15) is 5.01 Å². The molecule has 1 aliphatic rings. The van der Waals surface area contributed by atoms with Gasteiger partial charge >= 0.3 is 0 Å². The first-order chi connectivity index (χ1) is 4.13. The van der Waals surface area contributed by atoms with E-state index in [2.05, 4.69) is 10.6 Å². The minimum absolute atomic E-state index is 0.500. The maximum absolute atomic E-state index is 5.45. The van der Waals surface area contributed by atoms with Crippen molar-refractivity contribution in [2.45, 2.75) is 5.91 Å². The average molecular weight is 132 g/mol. The first-order valence-corrected chi connectivity index (χ1v) is 2.69. The smallest absolute Gasteiger partial charge is 0.193 e. The summed E-state index contributed by atoms with van der Waals surface area (Å²) in [6.45, 7) is 1.08. The second-order valence-corrected chi connectivity index (χ2v) is 2.06. The van der Waals surface area contributed by atoms with E-state index < -0.39 is 5.91 Å². The molecule has 1 rings (SSSR count). The number of nitrogens with zero attached hydrogens (tertiary/aromatic N) is 1. The number of nitrogens with one attached hydrogen (secondary N) is 2. The Morgan fingerprint density at radius 3 is 2.44 bits per heavy atom. The van der Waals surface area contributed by atoms with Gasteiger partial charge in [-0.3, -0.25) is 27.9 Å². The van der Waals surface area contributed by atoms with Gasteiger partial charge in [0.1, 0.15) is 0 Å².